The van der Waals surface area contributed by atoms with Crippen LogP contribution in [0.25, 0.3) is 0 Å². The van der Waals surface area contributed by atoms with E-state index in [2.05, 4.69) is 13.8 Å². The summed E-state index contributed by atoms with van der Waals surface area (Å²) in [5.74, 6) is 1.46. The number of Topliss-reactive ketones (excluding diaryl/α,β-unsaturated/α-hetero) is 1. The Morgan fingerprint density at radius 2 is 1.76 bits per heavy atom. The van der Waals surface area contributed by atoms with Gasteiger partial charge in [0.2, 0.25) is 11.6 Å². The summed E-state index contributed by atoms with van der Waals surface area (Å²) in [6.45, 7) is 4.58. The molecule has 118 valence electrons. The molecule has 0 aromatic heterocycles. The summed E-state index contributed by atoms with van der Waals surface area (Å²) < 4.78 is 6.52. The van der Waals surface area contributed by atoms with E-state index in [-0.39, 0.29) is 0 Å². The predicted molar refractivity (Wildman–Crippen MR) is 76.0 cm³/mol. The zero-order chi connectivity index (χ0) is 14.7. The van der Waals surface area contributed by atoms with Crippen LogP contribution < -0.4 is 0 Å². The van der Waals surface area contributed by atoms with Gasteiger partial charge in [-0.05, 0) is 37.5 Å². The van der Waals surface area contributed by atoms with Gasteiger partial charge in [0.1, 0.15) is 5.78 Å². The van der Waals surface area contributed by atoms with Gasteiger partial charge in [0.05, 0.1) is 0 Å². The lowest BCUT2D eigenvalue weighted by atomic mass is 9.62. The first-order valence-electron chi connectivity index (χ1n) is 8.60. The molecule has 0 aromatic carbocycles. The molecule has 1 heterocycles. The summed E-state index contributed by atoms with van der Waals surface area (Å²) >= 11 is 0. The second-order valence-corrected chi connectivity index (χ2v) is 7.95. The number of ketones is 1. The van der Waals surface area contributed by atoms with Crippen LogP contribution in [0, 0.1) is 23.7 Å². The summed E-state index contributed by atoms with van der Waals surface area (Å²) in [4.78, 5) is 23.2. The Hall–Kier alpha value is -0.450. The van der Waals surface area contributed by atoms with E-state index >= 15 is 0 Å². The number of rotatable bonds is 0. The van der Waals surface area contributed by atoms with Gasteiger partial charge in [-0.15, -0.1) is 0 Å². The van der Waals surface area contributed by atoms with Crippen LogP contribution in [-0.2, 0) is 19.3 Å². The van der Waals surface area contributed by atoms with Crippen LogP contribution >= 0.6 is 0 Å². The fourth-order valence-electron chi connectivity index (χ4n) is 5.23. The van der Waals surface area contributed by atoms with Crippen molar-refractivity contribution in [3.63, 3.8) is 0 Å². The average molecular weight is 294 g/mol. The highest BCUT2D eigenvalue weighted by Gasteiger charge is 2.62. The standard InChI is InChI=1S/C17H26O4/c1-11-7-13-9-12(2)17(14(8-11)10-13)19-16(20-21-17)5-3-15(18)4-6-16/h11-14H,3-10H2,1-2H3. The van der Waals surface area contributed by atoms with E-state index in [4.69, 9.17) is 14.5 Å². The van der Waals surface area contributed by atoms with Crippen molar-refractivity contribution in [1.29, 1.82) is 0 Å². The molecular weight excluding hydrogens is 268 g/mol. The molecule has 0 aromatic rings. The third-order valence-electron chi connectivity index (χ3n) is 6.22. The van der Waals surface area contributed by atoms with Crippen molar-refractivity contribution in [1.82, 2.24) is 0 Å². The van der Waals surface area contributed by atoms with Gasteiger partial charge in [-0.1, -0.05) is 13.8 Å². The second kappa shape index (κ2) is 4.77. The Bertz CT molecular complexity index is 434. The maximum absolute atomic E-state index is 11.5. The van der Waals surface area contributed by atoms with E-state index in [1.54, 1.807) is 0 Å². The Kier molecular flexibility index (Phi) is 3.22. The van der Waals surface area contributed by atoms with Crippen LogP contribution in [0.2, 0.25) is 0 Å². The molecule has 2 bridgehead atoms. The van der Waals surface area contributed by atoms with Crippen LogP contribution in [0.3, 0.4) is 0 Å². The highest BCUT2D eigenvalue weighted by molar-refractivity contribution is 5.79. The minimum Gasteiger partial charge on any atom is -0.312 e. The molecule has 4 fully saturated rings. The van der Waals surface area contributed by atoms with Crippen molar-refractivity contribution in [2.24, 2.45) is 23.7 Å². The number of fused-ring (bicyclic) bond motifs is 3. The molecule has 3 aliphatic carbocycles. The Balaban J connectivity index is 1.58. The van der Waals surface area contributed by atoms with E-state index in [9.17, 15) is 4.79 Å². The quantitative estimate of drug-likeness (QED) is 0.640. The van der Waals surface area contributed by atoms with E-state index in [1.165, 1.54) is 25.7 Å². The fourth-order valence-corrected chi connectivity index (χ4v) is 5.23. The summed E-state index contributed by atoms with van der Waals surface area (Å²) in [6.07, 6.45) is 7.27. The van der Waals surface area contributed by atoms with Gasteiger partial charge in [-0.2, -0.15) is 9.78 Å². The number of hydrogen-bond donors (Lipinski definition) is 0. The predicted octanol–water partition coefficient (Wildman–Crippen LogP) is 3.59. The van der Waals surface area contributed by atoms with Gasteiger partial charge in [0.25, 0.3) is 0 Å². The maximum atomic E-state index is 11.5. The minimum absolute atomic E-state index is 0.317. The van der Waals surface area contributed by atoms with Crippen LogP contribution in [-0.4, -0.2) is 17.4 Å². The molecule has 4 aliphatic rings. The summed E-state index contributed by atoms with van der Waals surface area (Å²) in [6, 6.07) is 0. The highest BCUT2D eigenvalue weighted by atomic mass is 17.3. The topological polar surface area (TPSA) is 44.8 Å². The number of ether oxygens (including phenoxy) is 1. The zero-order valence-corrected chi connectivity index (χ0v) is 13.1. The first kappa shape index (κ1) is 14.2. The van der Waals surface area contributed by atoms with Crippen LogP contribution in [0.4, 0.5) is 0 Å². The molecule has 4 heteroatoms. The molecule has 0 radical (unpaired) electrons. The van der Waals surface area contributed by atoms with E-state index < -0.39 is 11.6 Å². The molecule has 2 spiro atoms. The molecule has 1 aliphatic heterocycles. The van der Waals surface area contributed by atoms with Crippen LogP contribution in [0.5, 0.6) is 0 Å². The van der Waals surface area contributed by atoms with Gasteiger partial charge >= 0.3 is 0 Å². The molecule has 4 rings (SSSR count). The highest BCUT2D eigenvalue weighted by Crippen LogP contribution is 2.57. The first-order chi connectivity index (χ1) is 10.0. The summed E-state index contributed by atoms with van der Waals surface area (Å²) in [5, 5.41) is 0. The first-order valence-corrected chi connectivity index (χ1v) is 8.60. The Morgan fingerprint density at radius 3 is 2.52 bits per heavy atom. The van der Waals surface area contributed by atoms with Gasteiger partial charge in [-0.3, -0.25) is 4.79 Å². The van der Waals surface area contributed by atoms with Crippen LogP contribution in [0.1, 0.15) is 65.2 Å². The largest absolute Gasteiger partial charge is 0.312 e. The number of carbonyl (C=O) groups excluding carboxylic acids is 1. The zero-order valence-electron chi connectivity index (χ0n) is 13.1. The monoisotopic (exact) mass is 294 g/mol. The molecule has 5 unspecified atom stereocenters. The normalized spacial score (nSPS) is 49.0. The lowest BCUT2D eigenvalue weighted by molar-refractivity contribution is -0.379. The average Bonchev–Trinajstić information content (AvgIpc) is 2.82. The van der Waals surface area contributed by atoms with Crippen molar-refractivity contribution < 1.29 is 19.3 Å². The lowest BCUT2D eigenvalue weighted by Gasteiger charge is -2.50. The molecule has 5 atom stereocenters. The van der Waals surface area contributed by atoms with Gasteiger partial charge in [-0.25, -0.2) is 0 Å². The molecule has 4 nitrogen and oxygen atoms in total. The Labute approximate surface area is 126 Å². The van der Waals surface area contributed by atoms with Crippen molar-refractivity contribution in [2.75, 3.05) is 0 Å². The van der Waals surface area contributed by atoms with Crippen LogP contribution in [0.15, 0.2) is 0 Å². The maximum Gasteiger partial charge on any atom is 0.210 e. The number of hydrogen-bond acceptors (Lipinski definition) is 4. The van der Waals surface area contributed by atoms with E-state index in [0.717, 1.165) is 11.8 Å². The van der Waals surface area contributed by atoms with Gasteiger partial charge < -0.3 is 4.74 Å². The lowest BCUT2D eigenvalue weighted by Crippen LogP contribution is -2.54. The third kappa shape index (κ3) is 2.18. The fraction of sp³-hybridized carbons (Fsp3) is 0.941. The molecule has 21 heavy (non-hydrogen) atoms. The van der Waals surface area contributed by atoms with Crippen molar-refractivity contribution in [3.05, 3.63) is 0 Å². The molecule has 1 saturated heterocycles. The molecule has 0 amide bonds. The Morgan fingerprint density at radius 1 is 1.00 bits per heavy atom. The van der Waals surface area contributed by atoms with E-state index in [0.29, 0.717) is 43.3 Å². The van der Waals surface area contributed by atoms with Gasteiger partial charge in [0.15, 0.2) is 0 Å². The van der Waals surface area contributed by atoms with Crippen molar-refractivity contribution in [2.45, 2.75) is 76.8 Å². The SMILES string of the molecule is CC1CC2CC(C)C3(OOC4(CCC(=O)CC4)O3)C(C1)C2. The molecule has 0 N–H and O–H groups in total. The van der Waals surface area contributed by atoms with E-state index in [1.807, 2.05) is 0 Å². The molecule has 3 saturated carbocycles. The van der Waals surface area contributed by atoms with Crippen molar-refractivity contribution in [3.8, 4) is 0 Å². The molecular formula is C17H26O4. The third-order valence-corrected chi connectivity index (χ3v) is 6.22. The summed E-state index contributed by atoms with van der Waals surface area (Å²) in [7, 11) is 0. The van der Waals surface area contributed by atoms with Crippen molar-refractivity contribution >= 4 is 5.78 Å². The summed E-state index contributed by atoms with van der Waals surface area (Å²) in [5.41, 5.74) is 0. The van der Waals surface area contributed by atoms with Gasteiger partial charge in [0, 0.05) is 37.5 Å². The minimum atomic E-state index is -0.657. The number of carbonyl (C=O) groups is 1. The smallest absolute Gasteiger partial charge is 0.210 e. The second-order valence-electron chi connectivity index (χ2n) is 7.95.